The number of oxime groups is 1. The first-order chi connectivity index (χ1) is 17.4. The molecule has 1 saturated heterocycles. The molecule has 1 fully saturated rings. The zero-order valence-electron chi connectivity index (χ0n) is 20.1. The third-order valence-electron chi connectivity index (χ3n) is 6.34. The molecule has 0 radical (unpaired) electrons. The summed E-state index contributed by atoms with van der Waals surface area (Å²) in [6, 6.07) is 12.5. The average molecular weight is 495 g/mol. The number of ether oxygens (including phenoxy) is 1. The minimum absolute atomic E-state index is 0.0626. The van der Waals surface area contributed by atoms with Crippen molar-refractivity contribution in [2.75, 3.05) is 45.9 Å². The van der Waals surface area contributed by atoms with E-state index < -0.39 is 11.9 Å². The largest absolute Gasteiger partial charge is 0.490 e. The Balaban J connectivity index is 0.000000455. The second-order valence-electron chi connectivity index (χ2n) is 9.00. The van der Waals surface area contributed by atoms with Gasteiger partial charge in [0.15, 0.2) is 6.10 Å². The molecule has 0 spiro atoms. The lowest BCUT2D eigenvalue weighted by atomic mass is 9.91. The summed E-state index contributed by atoms with van der Waals surface area (Å²) >= 11 is 0. The van der Waals surface area contributed by atoms with Crippen LogP contribution in [0.5, 0.6) is 5.75 Å². The number of carbonyl (C=O) groups is 2. The quantitative estimate of drug-likeness (QED) is 0.601. The molecule has 0 saturated carbocycles. The Morgan fingerprint density at radius 1 is 1.06 bits per heavy atom. The van der Waals surface area contributed by atoms with Gasteiger partial charge in [-0.1, -0.05) is 47.1 Å². The van der Waals surface area contributed by atoms with Gasteiger partial charge in [-0.05, 0) is 18.6 Å². The lowest BCUT2D eigenvalue weighted by molar-refractivity contribution is -0.159. The first-order valence-electron chi connectivity index (χ1n) is 11.8. The van der Waals surface area contributed by atoms with Crippen LogP contribution >= 0.6 is 0 Å². The van der Waals surface area contributed by atoms with Crippen LogP contribution < -0.4 is 4.74 Å². The van der Waals surface area contributed by atoms with E-state index in [1.165, 1.54) is 11.1 Å². The van der Waals surface area contributed by atoms with Crippen molar-refractivity contribution in [2.24, 2.45) is 11.1 Å². The minimum Gasteiger partial charge on any atom is -0.490 e. The highest BCUT2D eigenvalue weighted by Crippen LogP contribution is 2.33. The van der Waals surface area contributed by atoms with Crippen molar-refractivity contribution in [3.05, 3.63) is 65.5 Å². The van der Waals surface area contributed by atoms with E-state index >= 15 is 0 Å². The number of hydrogen-bond donors (Lipinski definition) is 2. The molecule has 1 aromatic heterocycles. The van der Waals surface area contributed by atoms with Gasteiger partial charge in [0.2, 0.25) is 0 Å². The van der Waals surface area contributed by atoms with Crippen LogP contribution in [0.4, 0.5) is 0 Å². The molecule has 2 unspecified atom stereocenters. The number of fused-ring (bicyclic) bond motifs is 3. The lowest BCUT2D eigenvalue weighted by Crippen LogP contribution is -2.50. The number of hydrogen-bond acceptors (Lipinski definition) is 8. The van der Waals surface area contributed by atoms with E-state index in [4.69, 9.17) is 29.4 Å². The summed E-state index contributed by atoms with van der Waals surface area (Å²) in [5, 5.41) is 19.2. The van der Waals surface area contributed by atoms with Crippen molar-refractivity contribution in [2.45, 2.75) is 13.0 Å². The molecule has 2 atom stereocenters. The third-order valence-corrected chi connectivity index (χ3v) is 6.34. The zero-order chi connectivity index (χ0) is 25.5. The van der Waals surface area contributed by atoms with Crippen LogP contribution in [0.25, 0.3) is 6.08 Å². The maximum absolute atomic E-state index is 9.10. The van der Waals surface area contributed by atoms with Crippen LogP contribution in [0.15, 0.2) is 59.5 Å². The second-order valence-corrected chi connectivity index (χ2v) is 9.00. The number of aliphatic carboxylic acids is 2. The first kappa shape index (κ1) is 25.3. The Kier molecular flexibility index (Phi) is 8.29. The van der Waals surface area contributed by atoms with Gasteiger partial charge < -0.3 is 19.8 Å². The van der Waals surface area contributed by atoms with Gasteiger partial charge in [-0.15, -0.1) is 0 Å². The summed E-state index contributed by atoms with van der Waals surface area (Å²) in [6.07, 6.45) is 5.89. The normalized spacial score (nSPS) is 21.6. The average Bonchev–Trinajstić information content (AvgIpc) is 3.29. The molecule has 0 aliphatic carbocycles. The number of pyridine rings is 1. The Labute approximate surface area is 209 Å². The summed E-state index contributed by atoms with van der Waals surface area (Å²) in [5.74, 6) is -2.64. The molecule has 190 valence electrons. The van der Waals surface area contributed by atoms with Gasteiger partial charge in [0.25, 0.3) is 0 Å². The van der Waals surface area contributed by atoms with Crippen LogP contribution in [-0.4, -0.2) is 94.6 Å². The molecule has 10 heteroatoms. The maximum atomic E-state index is 9.10. The van der Waals surface area contributed by atoms with Gasteiger partial charge in [0.1, 0.15) is 18.1 Å². The molecule has 1 aromatic carbocycles. The summed E-state index contributed by atoms with van der Waals surface area (Å²) in [4.78, 5) is 33.2. The SMILES string of the molecule is C/C(=C\c1ccccc1)CN1CCN(CC2ON=C3c4ccncc4OCC32)CC1.O=C(O)C(=O)O. The number of benzene rings is 1. The Morgan fingerprint density at radius 3 is 2.44 bits per heavy atom. The number of aromatic nitrogens is 1. The Hall–Kier alpha value is -3.76. The molecule has 3 aliphatic rings. The summed E-state index contributed by atoms with van der Waals surface area (Å²) in [5.41, 5.74) is 4.72. The van der Waals surface area contributed by atoms with E-state index in [1.807, 2.05) is 6.07 Å². The zero-order valence-corrected chi connectivity index (χ0v) is 20.1. The fourth-order valence-electron chi connectivity index (χ4n) is 4.54. The van der Waals surface area contributed by atoms with Gasteiger partial charge in [-0.2, -0.15) is 0 Å². The van der Waals surface area contributed by atoms with E-state index in [1.54, 1.807) is 12.4 Å². The monoisotopic (exact) mass is 494 g/mol. The van der Waals surface area contributed by atoms with Gasteiger partial charge in [-0.3, -0.25) is 14.8 Å². The van der Waals surface area contributed by atoms with Gasteiger partial charge in [-0.25, -0.2) is 9.59 Å². The highest BCUT2D eigenvalue weighted by atomic mass is 16.6. The van der Waals surface area contributed by atoms with Crippen LogP contribution in [0.3, 0.4) is 0 Å². The Morgan fingerprint density at radius 2 is 1.75 bits per heavy atom. The van der Waals surface area contributed by atoms with Crippen molar-refractivity contribution < 1.29 is 29.4 Å². The predicted molar refractivity (Wildman–Crippen MR) is 133 cm³/mol. The van der Waals surface area contributed by atoms with E-state index in [0.717, 1.165) is 56.3 Å². The molecule has 2 aromatic rings. The fourth-order valence-corrected chi connectivity index (χ4v) is 4.54. The van der Waals surface area contributed by atoms with Gasteiger partial charge in [0.05, 0.1) is 12.1 Å². The van der Waals surface area contributed by atoms with Crippen LogP contribution in [0.2, 0.25) is 0 Å². The topological polar surface area (TPSA) is 125 Å². The Bertz CT molecular complexity index is 1120. The van der Waals surface area contributed by atoms with Crippen molar-refractivity contribution in [3.8, 4) is 5.75 Å². The van der Waals surface area contributed by atoms with Gasteiger partial charge >= 0.3 is 11.9 Å². The van der Waals surface area contributed by atoms with E-state index in [-0.39, 0.29) is 12.0 Å². The van der Waals surface area contributed by atoms with Gasteiger partial charge in [0, 0.05) is 51.0 Å². The molecule has 0 amide bonds. The first-order valence-corrected chi connectivity index (χ1v) is 11.8. The second kappa shape index (κ2) is 11.8. The van der Waals surface area contributed by atoms with E-state index in [9.17, 15) is 0 Å². The minimum atomic E-state index is -1.82. The third kappa shape index (κ3) is 6.46. The summed E-state index contributed by atoms with van der Waals surface area (Å²) in [7, 11) is 0. The fraction of sp³-hybridized carbons (Fsp3) is 0.385. The molecule has 2 N–H and O–H groups in total. The van der Waals surface area contributed by atoms with E-state index in [0.29, 0.717) is 6.61 Å². The molecular weight excluding hydrogens is 464 g/mol. The maximum Gasteiger partial charge on any atom is 0.414 e. The molecule has 0 bridgehead atoms. The van der Waals surface area contributed by atoms with Crippen LogP contribution in [0.1, 0.15) is 18.1 Å². The van der Waals surface area contributed by atoms with Crippen molar-refractivity contribution in [1.82, 2.24) is 14.8 Å². The van der Waals surface area contributed by atoms with Crippen LogP contribution in [0, 0.1) is 5.92 Å². The predicted octanol–water partition coefficient (Wildman–Crippen LogP) is 2.07. The molecular formula is C26H30N4O6. The molecule has 10 nitrogen and oxygen atoms in total. The lowest BCUT2D eigenvalue weighted by Gasteiger charge is -2.36. The smallest absolute Gasteiger partial charge is 0.414 e. The standard InChI is InChI=1S/C24H28N4O2.C2H2O4/c1-18(13-19-5-3-2-4-6-19)15-27-9-11-28(12-10-27)16-23-21-17-29-22-14-25-8-7-20(22)24(21)26-30-23;3-1(4)2(5)6/h2-8,13-14,21,23H,9-12,15-17H2,1H3;(H,3,4)(H,5,6)/b18-13+;. The molecule has 3 aliphatic heterocycles. The molecule has 4 heterocycles. The number of carboxylic acid groups (broad SMARTS) is 2. The van der Waals surface area contributed by atoms with Crippen LogP contribution in [-0.2, 0) is 14.4 Å². The van der Waals surface area contributed by atoms with Crippen molar-refractivity contribution in [1.29, 1.82) is 0 Å². The highest BCUT2D eigenvalue weighted by molar-refractivity contribution is 6.27. The molecule has 36 heavy (non-hydrogen) atoms. The van der Waals surface area contributed by atoms with Crippen molar-refractivity contribution in [3.63, 3.8) is 0 Å². The molecule has 5 rings (SSSR count). The number of piperazine rings is 1. The summed E-state index contributed by atoms with van der Waals surface area (Å²) in [6.45, 7) is 9.04. The van der Waals surface area contributed by atoms with E-state index in [2.05, 4.69) is 63.3 Å². The number of rotatable bonds is 5. The van der Waals surface area contributed by atoms with Crippen molar-refractivity contribution >= 4 is 23.7 Å². The summed E-state index contributed by atoms with van der Waals surface area (Å²) < 4.78 is 5.91. The number of carboxylic acids is 2. The number of nitrogens with zero attached hydrogens (tertiary/aromatic N) is 4. The highest BCUT2D eigenvalue weighted by Gasteiger charge is 2.40.